The lowest BCUT2D eigenvalue weighted by molar-refractivity contribution is 0.432. The molecule has 0 bridgehead atoms. The van der Waals surface area contributed by atoms with Crippen LogP contribution in [0.3, 0.4) is 0 Å². The van der Waals surface area contributed by atoms with Gasteiger partial charge in [-0.25, -0.2) is 0 Å². The summed E-state index contributed by atoms with van der Waals surface area (Å²) in [7, 11) is 0. The van der Waals surface area contributed by atoms with Gasteiger partial charge >= 0.3 is 0 Å². The Kier molecular flexibility index (Phi) is 2.82. The zero-order chi connectivity index (χ0) is 9.97. The fraction of sp³-hybridized carbons (Fsp3) is 0.800. The van der Waals surface area contributed by atoms with E-state index in [0.29, 0.717) is 5.92 Å². The molecule has 1 atom stereocenters. The van der Waals surface area contributed by atoms with E-state index < -0.39 is 0 Å². The first-order chi connectivity index (χ1) is 6.83. The second-order valence-corrected chi connectivity index (χ2v) is 3.89. The zero-order valence-corrected chi connectivity index (χ0v) is 8.95. The van der Waals surface area contributed by atoms with Crippen LogP contribution >= 0.6 is 0 Å². The predicted molar refractivity (Wildman–Crippen MR) is 55.3 cm³/mol. The average Bonchev–Trinajstić information content (AvgIpc) is 2.61. The van der Waals surface area contributed by atoms with Crippen molar-refractivity contribution in [1.29, 1.82) is 0 Å². The lowest BCUT2D eigenvalue weighted by Gasteiger charge is -2.22. The maximum absolute atomic E-state index is 4.28. The number of aryl methyl sites for hydroxylation is 1. The molecule has 14 heavy (non-hydrogen) atoms. The lowest BCUT2D eigenvalue weighted by Crippen LogP contribution is -2.30. The van der Waals surface area contributed by atoms with Crippen molar-refractivity contribution in [2.24, 2.45) is 0 Å². The number of nitrogens with one attached hydrogen (secondary N) is 1. The summed E-state index contributed by atoms with van der Waals surface area (Å²) >= 11 is 0. The summed E-state index contributed by atoms with van der Waals surface area (Å²) in [5, 5.41) is 11.8. The fourth-order valence-electron chi connectivity index (χ4n) is 2.16. The van der Waals surface area contributed by atoms with Gasteiger partial charge in [0.2, 0.25) is 0 Å². The van der Waals surface area contributed by atoms with Crippen LogP contribution in [0.4, 0.5) is 0 Å². The fourth-order valence-corrected chi connectivity index (χ4v) is 2.16. The first-order valence-electron chi connectivity index (χ1n) is 5.43. The first kappa shape index (κ1) is 9.65. The molecule has 0 unspecified atom stereocenters. The van der Waals surface area contributed by atoms with Crippen LogP contribution in [0.25, 0.3) is 0 Å². The number of hydrogen-bond donors (Lipinski definition) is 1. The van der Waals surface area contributed by atoms with Gasteiger partial charge < -0.3 is 9.88 Å². The summed E-state index contributed by atoms with van der Waals surface area (Å²) in [4.78, 5) is 0. The molecule has 0 amide bonds. The molecular weight excluding hydrogens is 176 g/mol. The maximum atomic E-state index is 4.28. The molecule has 0 spiro atoms. The Bertz CT molecular complexity index is 299. The SMILES string of the molecule is CCn1c(C)nnc1[C@H]1CCCNC1. The Balaban J connectivity index is 2.21. The molecule has 1 saturated heterocycles. The molecule has 1 aliphatic heterocycles. The van der Waals surface area contributed by atoms with E-state index in [1.165, 1.54) is 12.8 Å². The molecular formula is C10H18N4. The monoisotopic (exact) mass is 194 g/mol. The summed E-state index contributed by atoms with van der Waals surface area (Å²) in [6.45, 7) is 7.35. The second kappa shape index (κ2) is 4.09. The third kappa shape index (κ3) is 1.66. The first-order valence-corrected chi connectivity index (χ1v) is 5.43. The Labute approximate surface area is 84.7 Å². The van der Waals surface area contributed by atoms with E-state index in [2.05, 4.69) is 27.0 Å². The number of nitrogens with zero attached hydrogens (tertiary/aromatic N) is 3. The van der Waals surface area contributed by atoms with Crippen molar-refractivity contribution in [2.45, 2.75) is 39.2 Å². The van der Waals surface area contributed by atoms with E-state index in [4.69, 9.17) is 0 Å². The molecule has 4 heteroatoms. The summed E-state index contributed by atoms with van der Waals surface area (Å²) < 4.78 is 2.22. The Morgan fingerprint density at radius 2 is 2.36 bits per heavy atom. The van der Waals surface area contributed by atoms with Gasteiger partial charge in [0, 0.05) is 19.0 Å². The molecule has 2 rings (SSSR count). The predicted octanol–water partition coefficient (Wildman–Crippen LogP) is 1.07. The number of aromatic nitrogens is 3. The van der Waals surface area contributed by atoms with Crippen molar-refractivity contribution in [3.63, 3.8) is 0 Å². The van der Waals surface area contributed by atoms with Crippen LogP contribution < -0.4 is 5.32 Å². The van der Waals surface area contributed by atoms with Crippen molar-refractivity contribution in [3.05, 3.63) is 11.6 Å². The highest BCUT2D eigenvalue weighted by Crippen LogP contribution is 2.21. The maximum Gasteiger partial charge on any atom is 0.137 e. The standard InChI is InChI=1S/C10H18N4/c1-3-14-8(2)12-13-10(14)9-5-4-6-11-7-9/h9,11H,3-7H2,1-2H3/t9-/m0/s1. The van der Waals surface area contributed by atoms with Gasteiger partial charge in [0.05, 0.1) is 0 Å². The molecule has 0 saturated carbocycles. The van der Waals surface area contributed by atoms with Crippen LogP contribution in [0.15, 0.2) is 0 Å². The molecule has 2 heterocycles. The normalized spacial score (nSPS) is 22.6. The van der Waals surface area contributed by atoms with Gasteiger partial charge in [-0.2, -0.15) is 0 Å². The van der Waals surface area contributed by atoms with Gasteiger partial charge in [0.1, 0.15) is 11.6 Å². The molecule has 78 valence electrons. The summed E-state index contributed by atoms with van der Waals surface area (Å²) in [5.41, 5.74) is 0. The van der Waals surface area contributed by atoms with Crippen molar-refractivity contribution in [3.8, 4) is 0 Å². The number of rotatable bonds is 2. The molecule has 1 N–H and O–H groups in total. The summed E-state index contributed by atoms with van der Waals surface area (Å²) in [6.07, 6.45) is 2.49. The molecule has 1 aromatic heterocycles. The van der Waals surface area contributed by atoms with E-state index in [1.807, 2.05) is 6.92 Å². The molecule has 1 aromatic rings. The Morgan fingerprint density at radius 3 is 3.00 bits per heavy atom. The van der Waals surface area contributed by atoms with E-state index in [1.54, 1.807) is 0 Å². The molecule has 1 fully saturated rings. The lowest BCUT2D eigenvalue weighted by atomic mass is 9.99. The van der Waals surface area contributed by atoms with E-state index >= 15 is 0 Å². The minimum atomic E-state index is 0.560. The molecule has 0 radical (unpaired) electrons. The number of piperidine rings is 1. The van der Waals surface area contributed by atoms with Crippen LogP contribution in [0.1, 0.15) is 37.3 Å². The minimum absolute atomic E-state index is 0.560. The quantitative estimate of drug-likeness (QED) is 0.766. The van der Waals surface area contributed by atoms with Crippen molar-refractivity contribution >= 4 is 0 Å². The summed E-state index contributed by atoms with van der Waals surface area (Å²) in [6, 6.07) is 0. The topological polar surface area (TPSA) is 42.7 Å². The Morgan fingerprint density at radius 1 is 1.50 bits per heavy atom. The molecule has 1 aliphatic rings. The van der Waals surface area contributed by atoms with E-state index in [-0.39, 0.29) is 0 Å². The second-order valence-electron chi connectivity index (χ2n) is 3.89. The number of hydrogen-bond acceptors (Lipinski definition) is 3. The largest absolute Gasteiger partial charge is 0.316 e. The van der Waals surface area contributed by atoms with Crippen LogP contribution in [0, 0.1) is 6.92 Å². The highest BCUT2D eigenvalue weighted by molar-refractivity contribution is 5.03. The van der Waals surface area contributed by atoms with Gasteiger partial charge in [0.15, 0.2) is 0 Å². The van der Waals surface area contributed by atoms with Crippen molar-refractivity contribution in [1.82, 2.24) is 20.1 Å². The highest BCUT2D eigenvalue weighted by Gasteiger charge is 2.21. The highest BCUT2D eigenvalue weighted by atomic mass is 15.3. The van der Waals surface area contributed by atoms with Gasteiger partial charge in [0.25, 0.3) is 0 Å². The molecule has 0 aromatic carbocycles. The van der Waals surface area contributed by atoms with Gasteiger partial charge in [-0.15, -0.1) is 10.2 Å². The smallest absolute Gasteiger partial charge is 0.137 e. The van der Waals surface area contributed by atoms with Gasteiger partial charge in [-0.3, -0.25) is 0 Å². The van der Waals surface area contributed by atoms with Crippen LogP contribution in [0.2, 0.25) is 0 Å². The van der Waals surface area contributed by atoms with E-state index in [9.17, 15) is 0 Å². The Hall–Kier alpha value is -0.900. The van der Waals surface area contributed by atoms with Crippen LogP contribution in [-0.2, 0) is 6.54 Å². The molecule has 0 aliphatic carbocycles. The van der Waals surface area contributed by atoms with Crippen molar-refractivity contribution < 1.29 is 0 Å². The van der Waals surface area contributed by atoms with Crippen molar-refractivity contribution in [2.75, 3.05) is 13.1 Å². The minimum Gasteiger partial charge on any atom is -0.316 e. The third-order valence-corrected chi connectivity index (χ3v) is 2.94. The van der Waals surface area contributed by atoms with Gasteiger partial charge in [-0.05, 0) is 33.2 Å². The molecule has 4 nitrogen and oxygen atoms in total. The third-order valence-electron chi connectivity index (χ3n) is 2.94. The van der Waals surface area contributed by atoms with Crippen LogP contribution in [-0.4, -0.2) is 27.9 Å². The zero-order valence-electron chi connectivity index (χ0n) is 8.95. The average molecular weight is 194 g/mol. The van der Waals surface area contributed by atoms with Crippen LogP contribution in [0.5, 0.6) is 0 Å². The van der Waals surface area contributed by atoms with E-state index in [0.717, 1.165) is 31.3 Å². The van der Waals surface area contributed by atoms with Gasteiger partial charge in [-0.1, -0.05) is 0 Å². The summed E-state index contributed by atoms with van der Waals surface area (Å²) in [5.74, 6) is 2.76.